The van der Waals surface area contributed by atoms with Crippen LogP contribution in [0.15, 0.2) is 42.5 Å². The van der Waals surface area contributed by atoms with E-state index >= 15 is 0 Å². The summed E-state index contributed by atoms with van der Waals surface area (Å²) in [5.41, 5.74) is 1.94. The number of ether oxygens (including phenoxy) is 2. The van der Waals surface area contributed by atoms with E-state index in [1.54, 1.807) is 42.5 Å². The van der Waals surface area contributed by atoms with Crippen LogP contribution in [0.2, 0.25) is 0 Å². The van der Waals surface area contributed by atoms with Gasteiger partial charge in [-0.2, -0.15) is 0 Å². The molecule has 160 valence electrons. The molecule has 0 aromatic heterocycles. The fourth-order valence-corrected chi connectivity index (χ4v) is 4.35. The van der Waals surface area contributed by atoms with Crippen molar-refractivity contribution in [2.45, 2.75) is 19.9 Å². The minimum atomic E-state index is -3.50. The van der Waals surface area contributed by atoms with Crippen molar-refractivity contribution in [2.75, 3.05) is 31.8 Å². The number of imide groups is 1. The van der Waals surface area contributed by atoms with Crippen LogP contribution in [0.5, 0.6) is 5.75 Å². The molecule has 1 unspecified atom stereocenters. The molecule has 1 aliphatic heterocycles. The summed E-state index contributed by atoms with van der Waals surface area (Å²) in [6, 6.07) is 10.9. The fourth-order valence-electron chi connectivity index (χ4n) is 3.44. The monoisotopic (exact) mass is 431 g/mol. The summed E-state index contributed by atoms with van der Waals surface area (Å²) in [4.78, 5) is 27.1. The van der Waals surface area contributed by atoms with Crippen molar-refractivity contribution in [1.29, 1.82) is 0 Å². The Morgan fingerprint density at radius 1 is 1.00 bits per heavy atom. The molecule has 30 heavy (non-hydrogen) atoms. The van der Waals surface area contributed by atoms with E-state index in [4.69, 9.17) is 9.47 Å². The first-order valence-electron chi connectivity index (χ1n) is 9.68. The van der Waals surface area contributed by atoms with Crippen molar-refractivity contribution < 1.29 is 27.5 Å². The van der Waals surface area contributed by atoms with Crippen molar-refractivity contribution in [3.05, 3.63) is 64.7 Å². The molecule has 2 aromatic rings. The maximum Gasteiger partial charge on any atom is 0.262 e. The van der Waals surface area contributed by atoms with Crippen molar-refractivity contribution in [2.24, 2.45) is 0 Å². The van der Waals surface area contributed by atoms with Crippen molar-refractivity contribution in [3.8, 4) is 5.75 Å². The van der Waals surface area contributed by atoms with E-state index in [9.17, 15) is 18.0 Å². The average Bonchev–Trinajstić information content (AvgIpc) is 2.93. The molecule has 0 saturated heterocycles. The van der Waals surface area contributed by atoms with Crippen molar-refractivity contribution >= 4 is 21.7 Å². The number of hydrogen-bond donors (Lipinski definition) is 0. The molecule has 0 spiro atoms. The summed E-state index contributed by atoms with van der Waals surface area (Å²) < 4.78 is 35.2. The zero-order valence-corrected chi connectivity index (χ0v) is 18.1. The first-order valence-corrected chi connectivity index (χ1v) is 11.7. The molecule has 2 amide bonds. The zero-order valence-electron chi connectivity index (χ0n) is 17.3. The topological polar surface area (TPSA) is 90.0 Å². The van der Waals surface area contributed by atoms with Crippen LogP contribution >= 0.6 is 0 Å². The predicted octanol–water partition coefficient (Wildman–Crippen LogP) is 2.79. The molecule has 0 fully saturated rings. The Balaban J connectivity index is 1.95. The molecule has 2 aromatic carbocycles. The lowest BCUT2D eigenvalue weighted by Crippen LogP contribution is -2.37. The van der Waals surface area contributed by atoms with E-state index in [0.29, 0.717) is 36.7 Å². The summed E-state index contributed by atoms with van der Waals surface area (Å²) in [7, 11) is -3.50. The molecule has 1 aliphatic rings. The molecular weight excluding hydrogens is 406 g/mol. The van der Waals surface area contributed by atoms with Crippen LogP contribution in [-0.2, 0) is 14.6 Å². The van der Waals surface area contributed by atoms with Gasteiger partial charge in [-0.05, 0) is 43.7 Å². The number of rotatable bonds is 9. The van der Waals surface area contributed by atoms with Crippen LogP contribution in [0.1, 0.15) is 44.8 Å². The highest BCUT2D eigenvalue weighted by atomic mass is 32.2. The smallest absolute Gasteiger partial charge is 0.262 e. The maximum atomic E-state index is 13.1. The number of fused-ring (bicyclic) bond motifs is 1. The van der Waals surface area contributed by atoms with Crippen LogP contribution in [0, 0.1) is 6.92 Å². The second-order valence-corrected chi connectivity index (χ2v) is 9.44. The number of amides is 2. The molecule has 3 rings (SSSR count). The Hall–Kier alpha value is -2.71. The fraction of sp³-hybridized carbons (Fsp3) is 0.364. The van der Waals surface area contributed by atoms with Crippen molar-refractivity contribution in [1.82, 2.24) is 4.90 Å². The van der Waals surface area contributed by atoms with Gasteiger partial charge >= 0.3 is 0 Å². The highest BCUT2D eigenvalue weighted by molar-refractivity contribution is 7.90. The lowest BCUT2D eigenvalue weighted by molar-refractivity contribution is 0.0597. The molecule has 0 radical (unpaired) electrons. The molecule has 1 heterocycles. The number of aryl methyl sites for hydroxylation is 1. The number of benzene rings is 2. The summed E-state index contributed by atoms with van der Waals surface area (Å²) in [6.45, 7) is 5.06. The highest BCUT2D eigenvalue weighted by Gasteiger charge is 2.41. The van der Waals surface area contributed by atoms with Gasteiger partial charge in [-0.25, -0.2) is 8.42 Å². The third kappa shape index (κ3) is 4.88. The van der Waals surface area contributed by atoms with Gasteiger partial charge < -0.3 is 9.47 Å². The number of sulfone groups is 1. The van der Waals surface area contributed by atoms with E-state index in [-0.39, 0.29) is 11.3 Å². The minimum Gasteiger partial charge on any atom is -0.491 e. The number of hydrogen-bond acceptors (Lipinski definition) is 6. The summed E-state index contributed by atoms with van der Waals surface area (Å²) in [5.74, 6) is -0.848. The van der Waals surface area contributed by atoms with Crippen LogP contribution in [0.4, 0.5) is 0 Å². The summed E-state index contributed by atoms with van der Waals surface area (Å²) in [5, 5.41) is 0. The van der Waals surface area contributed by atoms with Gasteiger partial charge in [-0.15, -0.1) is 0 Å². The Kier molecular flexibility index (Phi) is 6.58. The zero-order chi connectivity index (χ0) is 21.9. The van der Waals surface area contributed by atoms with Gasteiger partial charge in [-0.3, -0.25) is 14.5 Å². The number of carbonyl (C=O) groups is 2. The second kappa shape index (κ2) is 8.97. The van der Waals surface area contributed by atoms with Gasteiger partial charge in [0.05, 0.1) is 29.5 Å². The molecule has 0 aliphatic carbocycles. The molecule has 1 atom stereocenters. The van der Waals surface area contributed by atoms with E-state index < -0.39 is 27.7 Å². The van der Waals surface area contributed by atoms with Gasteiger partial charge in [0.25, 0.3) is 11.8 Å². The first-order chi connectivity index (χ1) is 14.2. The second-order valence-electron chi connectivity index (χ2n) is 7.26. The first kappa shape index (κ1) is 22.0. The quantitative estimate of drug-likeness (QED) is 0.448. The SMILES string of the molecule is CCOCCOc1cccc(C(CS(C)(=O)=O)N2C(=O)c3ccc(C)cc3C2=O)c1. The Morgan fingerprint density at radius 2 is 1.73 bits per heavy atom. The predicted molar refractivity (Wildman–Crippen MR) is 113 cm³/mol. The van der Waals surface area contributed by atoms with Crippen molar-refractivity contribution in [3.63, 3.8) is 0 Å². The molecule has 7 nitrogen and oxygen atoms in total. The molecule has 0 saturated carbocycles. The normalized spacial score (nSPS) is 14.7. The maximum absolute atomic E-state index is 13.1. The summed E-state index contributed by atoms with van der Waals surface area (Å²) in [6.07, 6.45) is 1.09. The average molecular weight is 432 g/mol. The highest BCUT2D eigenvalue weighted by Crippen LogP contribution is 2.34. The molecule has 8 heteroatoms. The van der Waals surface area contributed by atoms with Gasteiger partial charge in [0.1, 0.15) is 22.2 Å². The lowest BCUT2D eigenvalue weighted by Gasteiger charge is -2.26. The molecule has 0 bridgehead atoms. The third-order valence-corrected chi connectivity index (χ3v) is 5.71. The van der Waals surface area contributed by atoms with Gasteiger partial charge in [0, 0.05) is 12.9 Å². The van der Waals surface area contributed by atoms with Crippen LogP contribution in [-0.4, -0.2) is 57.0 Å². The van der Waals surface area contributed by atoms with Gasteiger partial charge in [0.15, 0.2) is 0 Å². The van der Waals surface area contributed by atoms with E-state index in [1.807, 2.05) is 13.8 Å². The summed E-state index contributed by atoms with van der Waals surface area (Å²) >= 11 is 0. The van der Waals surface area contributed by atoms with Crippen LogP contribution in [0.25, 0.3) is 0 Å². The van der Waals surface area contributed by atoms with Crippen LogP contribution in [0.3, 0.4) is 0 Å². The van der Waals surface area contributed by atoms with Crippen LogP contribution < -0.4 is 4.74 Å². The number of nitrogens with zero attached hydrogens (tertiary/aromatic N) is 1. The Labute approximate surface area is 176 Å². The third-order valence-electron chi connectivity index (χ3n) is 4.79. The molecular formula is C22H25NO6S. The number of carbonyl (C=O) groups excluding carboxylic acids is 2. The largest absolute Gasteiger partial charge is 0.491 e. The lowest BCUT2D eigenvalue weighted by atomic mass is 10.1. The standard InChI is InChI=1S/C22H25NO6S/c1-4-28-10-11-29-17-7-5-6-16(13-17)20(14-30(3,26)27)23-21(24)18-9-8-15(2)12-19(18)22(23)25/h5-9,12-13,20H,4,10-11,14H2,1-3H3. The molecule has 0 N–H and O–H groups in total. The Morgan fingerprint density at radius 3 is 2.43 bits per heavy atom. The minimum absolute atomic E-state index is 0.285. The van der Waals surface area contributed by atoms with E-state index in [2.05, 4.69) is 0 Å². The van der Waals surface area contributed by atoms with E-state index in [1.165, 1.54) is 0 Å². The van der Waals surface area contributed by atoms with Gasteiger partial charge in [0.2, 0.25) is 0 Å². The Bertz CT molecular complexity index is 1060. The van der Waals surface area contributed by atoms with Gasteiger partial charge in [-0.1, -0.05) is 23.8 Å². The van der Waals surface area contributed by atoms with E-state index in [0.717, 1.165) is 16.7 Å².